The van der Waals surface area contributed by atoms with Crippen LogP contribution in [0.2, 0.25) is 0 Å². The molecule has 2 heterocycles. The van der Waals surface area contributed by atoms with Crippen molar-refractivity contribution in [2.45, 2.75) is 50.7 Å². The Morgan fingerprint density at radius 1 is 1.17 bits per heavy atom. The van der Waals surface area contributed by atoms with Gasteiger partial charge in [0.15, 0.2) is 0 Å². The van der Waals surface area contributed by atoms with Crippen molar-refractivity contribution in [1.82, 2.24) is 24.7 Å². The number of H-pyrrole nitrogens is 1. The molecule has 0 radical (unpaired) electrons. The van der Waals surface area contributed by atoms with Crippen LogP contribution in [-0.2, 0) is 36.9 Å². The second-order valence-electron chi connectivity index (χ2n) is 10.5. The van der Waals surface area contributed by atoms with E-state index >= 15 is 0 Å². The van der Waals surface area contributed by atoms with Crippen molar-refractivity contribution in [1.29, 1.82) is 0 Å². The zero-order valence-corrected chi connectivity index (χ0v) is 23.6. The Bertz CT molecular complexity index is 1360. The summed E-state index contributed by atoms with van der Waals surface area (Å²) in [5, 5.41) is 2.19. The molecule has 0 saturated carbocycles. The van der Waals surface area contributed by atoms with E-state index in [4.69, 9.17) is 10.5 Å². The molecule has 4 rings (SSSR count). The highest BCUT2D eigenvalue weighted by Gasteiger charge is 2.33. The van der Waals surface area contributed by atoms with Gasteiger partial charge in [-0.3, -0.25) is 19.3 Å². The van der Waals surface area contributed by atoms with Crippen molar-refractivity contribution >= 4 is 34.5 Å². The number of nitrogens with zero attached hydrogens (tertiary/aromatic N) is 4. The van der Waals surface area contributed by atoms with Crippen LogP contribution in [0.4, 0.5) is 0 Å². The number of benzene rings is 2. The first-order valence-electron chi connectivity index (χ1n) is 13.8. The van der Waals surface area contributed by atoms with Crippen LogP contribution in [-0.4, -0.2) is 94.2 Å². The maximum absolute atomic E-state index is 13.6. The maximum Gasteiger partial charge on any atom is 0.328 e. The number of aromatic nitrogens is 2. The highest BCUT2D eigenvalue weighted by Crippen LogP contribution is 2.24. The van der Waals surface area contributed by atoms with Crippen LogP contribution in [0, 0.1) is 0 Å². The predicted molar refractivity (Wildman–Crippen MR) is 153 cm³/mol. The molecular weight excluding hydrogens is 524 g/mol. The highest BCUT2D eigenvalue weighted by molar-refractivity contribution is 5.87. The van der Waals surface area contributed by atoms with Crippen molar-refractivity contribution in [3.63, 3.8) is 0 Å². The number of hydrogen-bond donors (Lipinski definition) is 2. The molecule has 11 nitrogen and oxygen atoms in total. The molecule has 0 aliphatic carbocycles. The molecule has 3 aromatic rings. The Balaban J connectivity index is 1.55. The summed E-state index contributed by atoms with van der Waals surface area (Å²) in [6.07, 6.45) is 5.23. The van der Waals surface area contributed by atoms with Crippen LogP contribution in [0.1, 0.15) is 36.9 Å². The number of carbonyl (C=O) groups is 4. The summed E-state index contributed by atoms with van der Waals surface area (Å²) in [7, 11) is 2.79. The summed E-state index contributed by atoms with van der Waals surface area (Å²) in [5.41, 5.74) is 7.05. The first kappa shape index (κ1) is 29.7. The molecule has 2 atom stereocenters. The summed E-state index contributed by atoms with van der Waals surface area (Å²) in [6, 6.07) is 13.2. The summed E-state index contributed by atoms with van der Waals surface area (Å²) < 4.78 is 4.91. The lowest BCUT2D eigenvalue weighted by molar-refractivity contribution is -0.152. The number of likely N-dealkylation sites (tertiary alicyclic amines) is 1. The minimum absolute atomic E-state index is 0.00497. The van der Waals surface area contributed by atoms with E-state index in [9.17, 15) is 19.2 Å². The molecule has 3 N–H and O–H groups in total. The molecule has 1 aromatic heterocycles. The minimum Gasteiger partial charge on any atom is -0.467 e. The molecule has 1 fully saturated rings. The second kappa shape index (κ2) is 13.9. The molecule has 0 bridgehead atoms. The van der Waals surface area contributed by atoms with Crippen molar-refractivity contribution < 1.29 is 23.9 Å². The van der Waals surface area contributed by atoms with Gasteiger partial charge in [0.25, 0.3) is 0 Å². The normalized spacial score (nSPS) is 15.7. The lowest BCUT2D eigenvalue weighted by Crippen LogP contribution is -2.50. The third-order valence-corrected chi connectivity index (χ3v) is 7.68. The van der Waals surface area contributed by atoms with Crippen LogP contribution < -0.4 is 5.73 Å². The molecular formula is C30H38N6O5. The van der Waals surface area contributed by atoms with Gasteiger partial charge in [-0.25, -0.2) is 9.78 Å². The van der Waals surface area contributed by atoms with E-state index in [1.165, 1.54) is 19.1 Å². The van der Waals surface area contributed by atoms with Crippen molar-refractivity contribution in [3.05, 3.63) is 66.2 Å². The van der Waals surface area contributed by atoms with E-state index in [1.807, 2.05) is 46.2 Å². The Labute approximate surface area is 239 Å². The van der Waals surface area contributed by atoms with Crippen LogP contribution in [0.15, 0.2) is 55.0 Å². The molecule has 1 aliphatic heterocycles. The van der Waals surface area contributed by atoms with Gasteiger partial charge in [-0.1, -0.05) is 42.5 Å². The number of aromatic amines is 1. The number of methoxy groups -OCH3 is 1. The molecule has 11 heteroatoms. The van der Waals surface area contributed by atoms with Crippen LogP contribution in [0.3, 0.4) is 0 Å². The number of ether oxygens (including phenoxy) is 1. The number of fused-ring (bicyclic) bond motifs is 1. The Morgan fingerprint density at radius 2 is 1.95 bits per heavy atom. The fraction of sp³-hybridized carbons (Fsp3) is 0.433. The number of amides is 3. The smallest absolute Gasteiger partial charge is 0.328 e. The van der Waals surface area contributed by atoms with E-state index in [0.29, 0.717) is 25.3 Å². The molecule has 1 aliphatic rings. The molecule has 41 heavy (non-hydrogen) atoms. The number of primary amides is 1. The average Bonchev–Trinajstić information content (AvgIpc) is 3.65. The summed E-state index contributed by atoms with van der Waals surface area (Å²) in [5.74, 6) is -1.45. The first-order valence-corrected chi connectivity index (χ1v) is 13.8. The number of imidazole rings is 1. The van der Waals surface area contributed by atoms with Gasteiger partial charge in [-0.15, -0.1) is 0 Å². The van der Waals surface area contributed by atoms with E-state index in [-0.39, 0.29) is 43.7 Å². The molecule has 0 spiro atoms. The fourth-order valence-corrected chi connectivity index (χ4v) is 5.51. The number of nitrogens with two attached hydrogens (primary N) is 1. The van der Waals surface area contributed by atoms with Crippen molar-refractivity contribution in [2.24, 2.45) is 5.73 Å². The Kier molecular flexibility index (Phi) is 10.1. The fourth-order valence-electron chi connectivity index (χ4n) is 5.51. The van der Waals surface area contributed by atoms with Crippen LogP contribution >= 0.6 is 0 Å². The minimum atomic E-state index is -0.933. The third kappa shape index (κ3) is 7.69. The first-order chi connectivity index (χ1) is 19.8. The maximum atomic E-state index is 13.6. The molecule has 3 amide bonds. The number of esters is 1. The van der Waals surface area contributed by atoms with Crippen molar-refractivity contribution in [2.75, 3.05) is 33.8 Å². The van der Waals surface area contributed by atoms with E-state index in [1.54, 1.807) is 12.5 Å². The number of likely N-dealkylation sites (N-methyl/N-ethyl adjacent to an activating group) is 1. The van der Waals surface area contributed by atoms with Gasteiger partial charge in [-0.05, 0) is 35.6 Å². The third-order valence-electron chi connectivity index (χ3n) is 7.68. The Hall–Kier alpha value is -4.25. The van der Waals surface area contributed by atoms with E-state index in [0.717, 1.165) is 29.2 Å². The van der Waals surface area contributed by atoms with Crippen LogP contribution in [0.25, 0.3) is 10.8 Å². The van der Waals surface area contributed by atoms with E-state index in [2.05, 4.69) is 16.0 Å². The van der Waals surface area contributed by atoms with Gasteiger partial charge in [0, 0.05) is 45.3 Å². The summed E-state index contributed by atoms with van der Waals surface area (Å²) >= 11 is 0. The van der Waals surface area contributed by atoms with Gasteiger partial charge in [-0.2, -0.15) is 0 Å². The summed E-state index contributed by atoms with van der Waals surface area (Å²) in [6.45, 7) is 1.63. The number of rotatable bonds is 13. The standard InChI is InChI=1S/C30H38N6O5/c1-34(26(30(40)41-2)12-13-27(31)37)29(39)19-35(17-22-9-5-8-21-7-3-4-11-25(21)22)18-24-10-6-14-36(24)28(38)15-23-16-32-20-33-23/h3-5,7-9,11,16,20,24,26H,6,10,12-15,17-19H2,1-2H3,(H2,31,37)(H,32,33)/t24-,26-/m0/s1. The largest absolute Gasteiger partial charge is 0.467 e. The Morgan fingerprint density at radius 3 is 2.68 bits per heavy atom. The summed E-state index contributed by atoms with van der Waals surface area (Å²) in [4.78, 5) is 63.0. The van der Waals surface area contributed by atoms with E-state index < -0.39 is 17.9 Å². The lowest BCUT2D eigenvalue weighted by Gasteiger charge is -2.33. The molecule has 0 unspecified atom stereocenters. The molecule has 218 valence electrons. The van der Waals surface area contributed by atoms with Gasteiger partial charge in [0.1, 0.15) is 6.04 Å². The topological polar surface area (TPSA) is 142 Å². The molecule has 1 saturated heterocycles. The van der Waals surface area contributed by atoms with Gasteiger partial charge in [0.2, 0.25) is 17.7 Å². The average molecular weight is 563 g/mol. The van der Waals surface area contributed by atoms with Gasteiger partial charge < -0.3 is 25.3 Å². The van der Waals surface area contributed by atoms with Crippen LogP contribution in [0.5, 0.6) is 0 Å². The highest BCUT2D eigenvalue weighted by atomic mass is 16.5. The number of nitrogens with one attached hydrogen (secondary N) is 1. The zero-order chi connectivity index (χ0) is 29.4. The van der Waals surface area contributed by atoms with Gasteiger partial charge >= 0.3 is 5.97 Å². The number of carbonyl (C=O) groups excluding carboxylic acids is 4. The quantitative estimate of drug-likeness (QED) is 0.303. The van der Waals surface area contributed by atoms with Gasteiger partial charge in [0.05, 0.1) is 32.1 Å². The SMILES string of the molecule is COC(=O)[C@H](CCC(N)=O)N(C)C(=O)CN(Cc1cccc2ccccc12)C[C@@H]1CCCN1C(=O)Cc1c[nH]cn1. The second-order valence-corrected chi connectivity index (χ2v) is 10.5. The predicted octanol–water partition coefficient (Wildman–Crippen LogP) is 1.86. The van der Waals surface area contributed by atoms with Crippen molar-refractivity contribution in [3.8, 4) is 0 Å². The lowest BCUT2D eigenvalue weighted by atomic mass is 10.0. The zero-order valence-electron chi connectivity index (χ0n) is 23.6. The monoisotopic (exact) mass is 562 g/mol. The molecule has 2 aromatic carbocycles. The number of hydrogen-bond acceptors (Lipinski definition) is 7.